The number of hydrogen-bond donors (Lipinski definition) is 1. The maximum absolute atomic E-state index is 10.8. The molecule has 0 saturated heterocycles. The van der Waals surface area contributed by atoms with E-state index in [9.17, 15) is 4.79 Å². The Morgan fingerprint density at radius 3 is 2.19 bits per heavy atom. The molecule has 2 rings (SSSR count). The van der Waals surface area contributed by atoms with Crippen molar-refractivity contribution in [3.05, 3.63) is 48.0 Å². The van der Waals surface area contributed by atoms with Crippen LogP contribution in [0.4, 0.5) is 0 Å². The fourth-order valence-corrected chi connectivity index (χ4v) is 1.41. The molecule has 0 heterocycles. The quantitative estimate of drug-likeness (QED) is 0.476. The Morgan fingerprint density at radius 1 is 1.00 bits per heavy atom. The molecule has 0 aliphatic carbocycles. The molecule has 0 bridgehead atoms. The van der Waals surface area contributed by atoms with Crippen molar-refractivity contribution in [2.24, 2.45) is 0 Å². The topological polar surface area (TPSA) is 37.3 Å². The van der Waals surface area contributed by atoms with Gasteiger partial charge < -0.3 is 5.11 Å². The molecule has 0 atom stereocenters. The molecule has 2 aromatic rings. The molecule has 4 radical (unpaired) electrons. The van der Waals surface area contributed by atoms with Gasteiger partial charge in [-0.25, -0.2) is 4.79 Å². The molecule has 16 heavy (non-hydrogen) atoms. The van der Waals surface area contributed by atoms with Crippen LogP contribution in [0.5, 0.6) is 0 Å². The minimum Gasteiger partial charge on any atom is -0.478 e. The van der Waals surface area contributed by atoms with Gasteiger partial charge in [-0.05, 0) is 16.8 Å². The maximum atomic E-state index is 10.8. The molecule has 0 saturated carbocycles. The van der Waals surface area contributed by atoms with Crippen LogP contribution >= 0.6 is 0 Å². The van der Waals surface area contributed by atoms with Gasteiger partial charge in [0.2, 0.25) is 0 Å². The number of carbonyl (C=O) groups is 1. The van der Waals surface area contributed by atoms with Gasteiger partial charge in [-0.2, -0.15) is 0 Å². The monoisotopic (exact) mass is 666 g/mol. The summed E-state index contributed by atoms with van der Waals surface area (Å²) in [6, 6.07) is 12.7. The number of carboxylic acid groups (broad SMARTS) is 1. The Labute approximate surface area is 141 Å². The first-order chi connectivity index (χ1) is 6.29. The predicted octanol–water partition coefficient (Wildman–Crippen LogP) is 2.15. The summed E-state index contributed by atoms with van der Waals surface area (Å²) in [6.45, 7) is 0. The summed E-state index contributed by atoms with van der Waals surface area (Å²) in [5, 5.41) is 10.6. The molecule has 0 aromatic heterocycles. The maximum Gasteiger partial charge on any atom is 0.336 e. The van der Waals surface area contributed by atoms with Gasteiger partial charge in [-0.3, -0.25) is 0 Å². The zero-order valence-electron chi connectivity index (χ0n) is 8.13. The molecular weight excluding hydrogens is 655 g/mol. The van der Waals surface area contributed by atoms with Crippen molar-refractivity contribution in [1.82, 2.24) is 0 Å². The molecule has 0 unspecified atom stereocenters. The number of aromatic carboxylic acids is 1. The van der Waals surface area contributed by atoms with E-state index in [4.69, 9.17) is 5.11 Å². The largest absolute Gasteiger partial charge is 0.478 e. The summed E-state index contributed by atoms with van der Waals surface area (Å²) in [4.78, 5) is 10.8. The first-order valence-corrected chi connectivity index (χ1v) is 4.00. The minimum absolute atomic E-state index is 0. The van der Waals surface area contributed by atoms with Gasteiger partial charge in [0.1, 0.15) is 0 Å². The fraction of sp³-hybridized carbons (Fsp3) is 0. The van der Waals surface area contributed by atoms with Crippen molar-refractivity contribution in [3.63, 3.8) is 0 Å². The van der Waals surface area contributed by atoms with Crippen LogP contribution in [0.3, 0.4) is 0 Å². The van der Waals surface area contributed by atoms with E-state index in [0.29, 0.717) is 5.56 Å². The summed E-state index contributed by atoms with van der Waals surface area (Å²) >= 11 is 0. The number of carboxylic acids is 1. The van der Waals surface area contributed by atoms with Crippen LogP contribution < -0.4 is 0 Å². The Bertz CT molecular complexity index is 471. The van der Waals surface area contributed by atoms with E-state index in [0.717, 1.165) is 10.8 Å². The first kappa shape index (κ1) is 18.8. The number of rotatable bonds is 1. The summed E-state index contributed by atoms with van der Waals surface area (Å²) < 4.78 is 0. The van der Waals surface area contributed by atoms with Crippen LogP contribution in [-0.4, -0.2) is 37.3 Å². The second-order valence-corrected chi connectivity index (χ2v) is 2.83. The number of hydrogen-bond acceptors (Lipinski definition) is 1. The second-order valence-electron chi connectivity index (χ2n) is 2.83. The van der Waals surface area contributed by atoms with Crippen molar-refractivity contribution in [2.75, 3.05) is 0 Å². The van der Waals surface area contributed by atoms with Gasteiger partial charge in [0.05, 0.1) is 5.56 Å². The average molecular weight is 663 g/mol. The van der Waals surface area contributed by atoms with E-state index in [1.807, 2.05) is 30.3 Å². The van der Waals surface area contributed by atoms with E-state index in [-0.39, 0.29) is 67.7 Å². The van der Waals surface area contributed by atoms with E-state index in [2.05, 4.69) is 0 Å². The van der Waals surface area contributed by atoms with Crippen LogP contribution in [0.1, 0.15) is 10.4 Å². The SMILES string of the molecule is O=C(O)c1cccc2ccccc12.[Bi].[Mo].[Re]. The zero-order chi connectivity index (χ0) is 9.26. The Kier molecular flexibility index (Phi) is 9.95. The molecule has 0 amide bonds. The van der Waals surface area contributed by atoms with Crippen molar-refractivity contribution in [2.45, 2.75) is 0 Å². The third kappa shape index (κ3) is 4.01. The van der Waals surface area contributed by atoms with Crippen molar-refractivity contribution < 1.29 is 51.4 Å². The Hall–Kier alpha value is 0.404. The summed E-state index contributed by atoms with van der Waals surface area (Å²) in [6.07, 6.45) is 0. The smallest absolute Gasteiger partial charge is 0.336 e. The van der Waals surface area contributed by atoms with E-state index >= 15 is 0 Å². The van der Waals surface area contributed by atoms with Gasteiger partial charge >= 0.3 is 5.97 Å². The fourth-order valence-electron chi connectivity index (χ4n) is 1.41. The van der Waals surface area contributed by atoms with Gasteiger partial charge in [-0.1, -0.05) is 36.4 Å². The van der Waals surface area contributed by atoms with E-state index in [1.165, 1.54) is 0 Å². The molecule has 2 aromatic carbocycles. The standard InChI is InChI=1S/C11H8O2.Bi.Mo.Re/c12-11(13)10-7-3-5-8-4-1-2-6-9(8)10;;;/h1-7H,(H,12,13);;;. The average Bonchev–Trinajstić information content (AvgIpc) is 2.17. The third-order valence-corrected chi connectivity index (χ3v) is 2.02. The van der Waals surface area contributed by atoms with Crippen LogP contribution in [0.2, 0.25) is 0 Å². The van der Waals surface area contributed by atoms with Crippen LogP contribution in [-0.2, 0) is 41.5 Å². The molecule has 5 heteroatoms. The van der Waals surface area contributed by atoms with Gasteiger partial charge in [0.25, 0.3) is 0 Å². The zero-order valence-corrected chi connectivity index (χ0v) is 16.3. The molecule has 82 valence electrons. The molecule has 0 aliphatic rings. The molecule has 0 spiro atoms. The molecule has 0 fully saturated rings. The summed E-state index contributed by atoms with van der Waals surface area (Å²) in [5.41, 5.74) is 0.359. The number of fused-ring (bicyclic) bond motifs is 1. The van der Waals surface area contributed by atoms with Gasteiger partial charge in [0, 0.05) is 67.7 Å². The normalized spacial score (nSPS) is 8.25. The third-order valence-electron chi connectivity index (χ3n) is 2.02. The van der Waals surface area contributed by atoms with Crippen LogP contribution in [0, 0.1) is 0 Å². The molecular formula is C11H8BiMoO2Re. The van der Waals surface area contributed by atoms with Crippen molar-refractivity contribution >= 4 is 42.9 Å². The Balaban J connectivity index is 0. The minimum atomic E-state index is -0.878. The van der Waals surface area contributed by atoms with E-state index in [1.54, 1.807) is 12.1 Å². The first-order valence-electron chi connectivity index (χ1n) is 4.00. The summed E-state index contributed by atoms with van der Waals surface area (Å²) in [7, 11) is 0. The van der Waals surface area contributed by atoms with E-state index < -0.39 is 5.97 Å². The van der Waals surface area contributed by atoms with Crippen LogP contribution in [0.15, 0.2) is 42.5 Å². The predicted molar refractivity (Wildman–Crippen MR) is 56.7 cm³/mol. The molecule has 0 aliphatic heterocycles. The molecule has 1 N–H and O–H groups in total. The van der Waals surface area contributed by atoms with Crippen molar-refractivity contribution in [1.29, 1.82) is 0 Å². The van der Waals surface area contributed by atoms with Gasteiger partial charge in [-0.15, -0.1) is 0 Å². The van der Waals surface area contributed by atoms with Crippen molar-refractivity contribution in [3.8, 4) is 0 Å². The molecule has 2 nitrogen and oxygen atoms in total. The van der Waals surface area contributed by atoms with Gasteiger partial charge in [0.15, 0.2) is 0 Å². The second kappa shape index (κ2) is 8.49. The Morgan fingerprint density at radius 2 is 1.56 bits per heavy atom. The summed E-state index contributed by atoms with van der Waals surface area (Å²) in [5.74, 6) is -0.878. The van der Waals surface area contributed by atoms with Crippen LogP contribution in [0.25, 0.3) is 10.8 Å². The number of benzene rings is 2.